The number of nitrogens with one attached hydrogen (secondary N) is 1. The maximum Gasteiger partial charge on any atom is 0.151 e. The first kappa shape index (κ1) is 16.0. The molecule has 0 radical (unpaired) electrons. The third kappa shape index (κ3) is 3.34. The van der Waals surface area contributed by atoms with Crippen LogP contribution in [0.5, 0.6) is 0 Å². The Morgan fingerprint density at radius 3 is 2.84 bits per heavy atom. The van der Waals surface area contributed by atoms with Crippen LogP contribution in [0.2, 0.25) is 5.02 Å². The summed E-state index contributed by atoms with van der Waals surface area (Å²) in [5, 5.41) is 17.2. The lowest BCUT2D eigenvalue weighted by Gasteiger charge is -2.02. The predicted molar refractivity (Wildman–Crippen MR) is 100 cm³/mol. The smallest absolute Gasteiger partial charge is 0.151 e. The van der Waals surface area contributed by atoms with Crippen LogP contribution in [0.15, 0.2) is 49.1 Å². The van der Waals surface area contributed by atoms with E-state index in [1.165, 1.54) is 0 Å². The fourth-order valence-corrected chi connectivity index (χ4v) is 3.68. The second kappa shape index (κ2) is 6.79. The van der Waals surface area contributed by atoms with Crippen LogP contribution in [-0.2, 0) is 6.54 Å². The van der Waals surface area contributed by atoms with Crippen molar-refractivity contribution >= 4 is 44.7 Å². The summed E-state index contributed by atoms with van der Waals surface area (Å²) in [5.74, 6) is 0.735. The zero-order chi connectivity index (χ0) is 17.2. The number of thiophene rings is 1. The van der Waals surface area contributed by atoms with E-state index in [0.717, 1.165) is 32.2 Å². The fourth-order valence-electron chi connectivity index (χ4n) is 2.49. The normalized spacial score (nSPS) is 11.1. The molecule has 0 unspecified atom stereocenters. The number of hydrogen-bond donors (Lipinski definition) is 2. The van der Waals surface area contributed by atoms with Gasteiger partial charge in [0.15, 0.2) is 5.82 Å². The Kier molecular flexibility index (Phi) is 4.35. The van der Waals surface area contributed by atoms with Crippen molar-refractivity contribution in [2.75, 3.05) is 11.9 Å². The highest BCUT2D eigenvalue weighted by molar-refractivity contribution is 7.22. The summed E-state index contributed by atoms with van der Waals surface area (Å²) in [6.45, 7) is 0.509. The number of anilines is 2. The van der Waals surface area contributed by atoms with Gasteiger partial charge in [0.2, 0.25) is 0 Å². The standard InChI is InChI=1S/C17H14ClN5OS/c18-12-3-1-11(2-4-12)15-7-14-16(25-15)17(20-10-19-14)22-13-8-21-23(9-13)5-6-24/h1-4,7-10,24H,5-6H2,(H,19,20,22). The largest absolute Gasteiger partial charge is 0.394 e. The van der Waals surface area contributed by atoms with Crippen LogP contribution in [-0.4, -0.2) is 31.5 Å². The molecule has 4 aromatic rings. The molecule has 0 amide bonds. The number of hydrogen-bond acceptors (Lipinski definition) is 6. The van der Waals surface area contributed by atoms with Gasteiger partial charge in [-0.25, -0.2) is 9.97 Å². The lowest BCUT2D eigenvalue weighted by molar-refractivity contribution is 0.269. The van der Waals surface area contributed by atoms with Gasteiger partial charge in [0.1, 0.15) is 6.33 Å². The highest BCUT2D eigenvalue weighted by atomic mass is 35.5. The molecule has 0 saturated carbocycles. The van der Waals surface area contributed by atoms with Gasteiger partial charge in [-0.1, -0.05) is 23.7 Å². The van der Waals surface area contributed by atoms with E-state index in [9.17, 15) is 0 Å². The van der Waals surface area contributed by atoms with Crippen molar-refractivity contribution in [3.05, 3.63) is 54.1 Å². The number of benzene rings is 1. The Hall–Kier alpha value is -2.48. The Morgan fingerprint density at radius 2 is 2.04 bits per heavy atom. The minimum Gasteiger partial charge on any atom is -0.394 e. The Balaban J connectivity index is 1.68. The predicted octanol–water partition coefficient (Wildman–Crippen LogP) is 3.94. The second-order valence-electron chi connectivity index (χ2n) is 5.39. The van der Waals surface area contributed by atoms with Gasteiger partial charge >= 0.3 is 0 Å². The van der Waals surface area contributed by atoms with E-state index in [-0.39, 0.29) is 6.61 Å². The third-order valence-electron chi connectivity index (χ3n) is 3.67. The van der Waals surface area contributed by atoms with Crippen molar-refractivity contribution in [1.82, 2.24) is 19.7 Å². The molecule has 4 rings (SSSR count). The van der Waals surface area contributed by atoms with Crippen molar-refractivity contribution in [3.8, 4) is 10.4 Å². The summed E-state index contributed by atoms with van der Waals surface area (Å²) < 4.78 is 2.65. The van der Waals surface area contributed by atoms with E-state index < -0.39 is 0 Å². The van der Waals surface area contributed by atoms with Gasteiger partial charge in [-0.05, 0) is 23.8 Å². The molecule has 3 aromatic heterocycles. The minimum atomic E-state index is 0.0499. The second-order valence-corrected chi connectivity index (χ2v) is 6.88. The summed E-state index contributed by atoms with van der Waals surface area (Å²) in [6.07, 6.45) is 5.08. The van der Waals surface area contributed by atoms with Crippen molar-refractivity contribution < 1.29 is 5.11 Å². The molecule has 3 heterocycles. The molecule has 0 aliphatic rings. The van der Waals surface area contributed by atoms with Crippen LogP contribution < -0.4 is 5.32 Å². The van der Waals surface area contributed by atoms with Crippen LogP contribution in [0, 0.1) is 0 Å². The molecule has 8 heteroatoms. The van der Waals surface area contributed by atoms with Gasteiger partial charge < -0.3 is 10.4 Å². The van der Waals surface area contributed by atoms with Crippen molar-refractivity contribution in [1.29, 1.82) is 0 Å². The number of halogens is 1. The number of rotatable bonds is 5. The van der Waals surface area contributed by atoms with Gasteiger partial charge in [0, 0.05) is 16.1 Å². The Labute approximate surface area is 152 Å². The zero-order valence-corrected chi connectivity index (χ0v) is 14.6. The molecular weight excluding hydrogens is 358 g/mol. The van der Waals surface area contributed by atoms with Gasteiger partial charge in [-0.3, -0.25) is 4.68 Å². The number of aromatic nitrogens is 4. The Bertz CT molecular complexity index is 1010. The van der Waals surface area contributed by atoms with Gasteiger partial charge in [-0.2, -0.15) is 5.10 Å². The van der Waals surface area contributed by atoms with E-state index in [4.69, 9.17) is 16.7 Å². The molecule has 1 aromatic carbocycles. The van der Waals surface area contributed by atoms with Crippen LogP contribution in [0.1, 0.15) is 0 Å². The van der Waals surface area contributed by atoms with E-state index in [2.05, 4.69) is 20.4 Å². The van der Waals surface area contributed by atoms with Gasteiger partial charge in [0.05, 0.1) is 35.3 Å². The molecule has 6 nitrogen and oxygen atoms in total. The maximum absolute atomic E-state index is 8.98. The number of fused-ring (bicyclic) bond motifs is 1. The third-order valence-corrected chi connectivity index (χ3v) is 5.10. The van der Waals surface area contributed by atoms with Crippen LogP contribution in [0.25, 0.3) is 20.7 Å². The van der Waals surface area contributed by atoms with Gasteiger partial charge in [-0.15, -0.1) is 11.3 Å². The molecule has 0 fully saturated rings. The monoisotopic (exact) mass is 371 g/mol. The lowest BCUT2D eigenvalue weighted by Crippen LogP contribution is -2.01. The first-order valence-electron chi connectivity index (χ1n) is 7.64. The molecule has 0 spiro atoms. The SMILES string of the molecule is OCCn1cc(Nc2ncnc3cc(-c4ccc(Cl)cc4)sc23)cn1. The highest BCUT2D eigenvalue weighted by Gasteiger charge is 2.11. The summed E-state index contributed by atoms with van der Waals surface area (Å²) >= 11 is 7.59. The van der Waals surface area contributed by atoms with E-state index in [0.29, 0.717) is 11.6 Å². The van der Waals surface area contributed by atoms with E-state index in [1.54, 1.807) is 28.5 Å². The first-order valence-corrected chi connectivity index (χ1v) is 8.83. The van der Waals surface area contributed by atoms with Crippen LogP contribution in [0.3, 0.4) is 0 Å². The molecule has 25 heavy (non-hydrogen) atoms. The highest BCUT2D eigenvalue weighted by Crippen LogP contribution is 2.36. The molecule has 0 aliphatic heterocycles. The van der Waals surface area contributed by atoms with Crippen molar-refractivity contribution in [2.24, 2.45) is 0 Å². The molecule has 0 atom stereocenters. The van der Waals surface area contributed by atoms with Crippen LogP contribution >= 0.6 is 22.9 Å². The lowest BCUT2D eigenvalue weighted by atomic mass is 10.2. The molecule has 0 bridgehead atoms. The average molecular weight is 372 g/mol. The molecular formula is C17H14ClN5OS. The quantitative estimate of drug-likeness (QED) is 0.555. The summed E-state index contributed by atoms with van der Waals surface area (Å²) in [6, 6.07) is 9.79. The number of aliphatic hydroxyl groups excluding tert-OH is 1. The zero-order valence-electron chi connectivity index (χ0n) is 13.1. The summed E-state index contributed by atoms with van der Waals surface area (Å²) in [4.78, 5) is 9.82. The average Bonchev–Trinajstić information content (AvgIpc) is 3.23. The first-order chi connectivity index (χ1) is 12.2. The van der Waals surface area contributed by atoms with Crippen molar-refractivity contribution in [2.45, 2.75) is 6.54 Å². The summed E-state index contributed by atoms with van der Waals surface area (Å²) in [5.41, 5.74) is 2.79. The fraction of sp³-hybridized carbons (Fsp3) is 0.118. The number of nitrogens with zero attached hydrogens (tertiary/aromatic N) is 4. The van der Waals surface area contributed by atoms with E-state index in [1.807, 2.05) is 36.5 Å². The summed E-state index contributed by atoms with van der Waals surface area (Å²) in [7, 11) is 0. The Morgan fingerprint density at radius 1 is 1.20 bits per heavy atom. The van der Waals surface area contributed by atoms with E-state index >= 15 is 0 Å². The van der Waals surface area contributed by atoms with Crippen LogP contribution in [0.4, 0.5) is 11.5 Å². The molecule has 0 saturated heterocycles. The maximum atomic E-state index is 8.98. The van der Waals surface area contributed by atoms with Gasteiger partial charge in [0.25, 0.3) is 0 Å². The molecule has 126 valence electrons. The number of aliphatic hydroxyl groups is 1. The molecule has 0 aliphatic carbocycles. The topological polar surface area (TPSA) is 75.9 Å². The van der Waals surface area contributed by atoms with Crippen molar-refractivity contribution in [3.63, 3.8) is 0 Å². The molecule has 2 N–H and O–H groups in total. The minimum absolute atomic E-state index is 0.0499.